The highest BCUT2D eigenvalue weighted by atomic mass is 32.1. The van der Waals surface area contributed by atoms with Gasteiger partial charge in [-0.15, -0.1) is 11.3 Å². The molecule has 0 atom stereocenters. The van der Waals surface area contributed by atoms with Crippen molar-refractivity contribution >= 4 is 17.3 Å². The molecule has 3 aromatic heterocycles. The van der Waals surface area contributed by atoms with Gasteiger partial charge >= 0.3 is 0 Å². The van der Waals surface area contributed by atoms with Gasteiger partial charge in [-0.2, -0.15) is 0 Å². The first kappa shape index (κ1) is 14.6. The van der Waals surface area contributed by atoms with E-state index < -0.39 is 0 Å². The average Bonchev–Trinajstić information content (AvgIpc) is 2.99. The molecule has 6 heteroatoms. The normalized spacial score (nSPS) is 10.6. The molecule has 0 N–H and O–H groups in total. The van der Waals surface area contributed by atoms with E-state index in [1.54, 1.807) is 23.7 Å². The number of nitrogens with zero attached hydrogens (tertiary/aromatic N) is 5. The van der Waals surface area contributed by atoms with Crippen LogP contribution in [0.1, 0.15) is 10.6 Å². The molecule has 0 unspecified atom stereocenters. The summed E-state index contributed by atoms with van der Waals surface area (Å²) >= 11 is 1.70. The Morgan fingerprint density at radius 2 is 2.09 bits per heavy atom. The highest BCUT2D eigenvalue weighted by Gasteiger charge is 2.09. The first-order valence-electron chi connectivity index (χ1n) is 7.07. The van der Waals surface area contributed by atoms with E-state index in [4.69, 9.17) is 0 Å². The third-order valence-corrected chi connectivity index (χ3v) is 4.46. The molecule has 0 fully saturated rings. The van der Waals surface area contributed by atoms with Gasteiger partial charge in [0.15, 0.2) is 0 Å². The smallest absolute Gasteiger partial charge is 0.225 e. The number of anilines is 1. The van der Waals surface area contributed by atoms with Gasteiger partial charge in [0.25, 0.3) is 0 Å². The van der Waals surface area contributed by atoms with Crippen LogP contribution in [0, 0.1) is 6.92 Å². The monoisotopic (exact) mass is 311 g/mol. The lowest BCUT2D eigenvalue weighted by Crippen LogP contribution is -2.22. The molecule has 0 aromatic carbocycles. The molecule has 0 spiro atoms. The largest absolute Gasteiger partial charge is 0.344 e. The van der Waals surface area contributed by atoms with E-state index >= 15 is 0 Å². The molecule has 3 aromatic rings. The molecule has 5 nitrogen and oxygen atoms in total. The molecular formula is C16H17N5S. The molecule has 0 aliphatic rings. The van der Waals surface area contributed by atoms with Crippen LogP contribution in [0.4, 0.5) is 5.95 Å². The molecule has 22 heavy (non-hydrogen) atoms. The van der Waals surface area contributed by atoms with E-state index in [0.29, 0.717) is 0 Å². The predicted molar refractivity (Wildman–Crippen MR) is 89.1 cm³/mol. The van der Waals surface area contributed by atoms with Crippen LogP contribution in [0.5, 0.6) is 0 Å². The highest BCUT2D eigenvalue weighted by Crippen LogP contribution is 2.18. The standard InChI is InChI=1S/C16H17N5S/c1-12-15(22-11-19-12)6-9-21(2)16-18-8-5-14(20-16)13-4-3-7-17-10-13/h3-5,7-8,10-11H,6,9H2,1-2H3. The van der Waals surface area contributed by atoms with Gasteiger partial charge in [-0.1, -0.05) is 0 Å². The van der Waals surface area contributed by atoms with Crippen molar-refractivity contribution < 1.29 is 0 Å². The number of aromatic nitrogens is 4. The maximum Gasteiger partial charge on any atom is 0.225 e. The van der Waals surface area contributed by atoms with Crippen LogP contribution in [0.3, 0.4) is 0 Å². The Morgan fingerprint density at radius 1 is 1.18 bits per heavy atom. The highest BCUT2D eigenvalue weighted by molar-refractivity contribution is 7.09. The third kappa shape index (κ3) is 3.28. The van der Waals surface area contributed by atoms with Gasteiger partial charge in [0.2, 0.25) is 5.95 Å². The number of rotatable bonds is 5. The van der Waals surface area contributed by atoms with Gasteiger partial charge in [-0.3, -0.25) is 4.98 Å². The summed E-state index contributed by atoms with van der Waals surface area (Å²) in [4.78, 5) is 20.8. The molecule has 3 heterocycles. The topological polar surface area (TPSA) is 54.8 Å². The summed E-state index contributed by atoms with van der Waals surface area (Å²) in [6, 6.07) is 5.81. The fraction of sp³-hybridized carbons (Fsp3) is 0.250. The van der Waals surface area contributed by atoms with Gasteiger partial charge in [-0.05, 0) is 25.1 Å². The molecule has 0 saturated heterocycles. The van der Waals surface area contributed by atoms with Crippen molar-refractivity contribution in [3.8, 4) is 11.3 Å². The van der Waals surface area contributed by atoms with E-state index in [-0.39, 0.29) is 0 Å². The molecule has 0 radical (unpaired) electrons. The molecule has 3 rings (SSSR count). The second kappa shape index (κ2) is 6.62. The average molecular weight is 311 g/mol. The molecule has 0 aliphatic carbocycles. The number of hydrogen-bond acceptors (Lipinski definition) is 6. The van der Waals surface area contributed by atoms with Crippen LogP contribution < -0.4 is 4.90 Å². The molecule has 112 valence electrons. The van der Waals surface area contributed by atoms with Crippen LogP contribution in [-0.2, 0) is 6.42 Å². The van der Waals surface area contributed by atoms with Gasteiger partial charge < -0.3 is 4.90 Å². The SMILES string of the molecule is Cc1ncsc1CCN(C)c1nccc(-c2cccnc2)n1. The van der Waals surface area contributed by atoms with Gasteiger partial charge in [-0.25, -0.2) is 15.0 Å². The summed E-state index contributed by atoms with van der Waals surface area (Å²) in [5, 5.41) is 0. The number of thiazole rings is 1. The lowest BCUT2D eigenvalue weighted by Gasteiger charge is -2.17. The van der Waals surface area contributed by atoms with Gasteiger partial charge in [0.05, 0.1) is 16.9 Å². The van der Waals surface area contributed by atoms with Crippen LogP contribution >= 0.6 is 11.3 Å². The number of aryl methyl sites for hydroxylation is 1. The van der Waals surface area contributed by atoms with Crippen molar-refractivity contribution in [3.63, 3.8) is 0 Å². The molecule has 0 amide bonds. The summed E-state index contributed by atoms with van der Waals surface area (Å²) in [5.74, 6) is 0.725. The van der Waals surface area contributed by atoms with E-state index in [1.807, 2.05) is 43.9 Å². The van der Waals surface area contributed by atoms with Gasteiger partial charge in [0.1, 0.15) is 0 Å². The molecular weight excluding hydrogens is 294 g/mol. The third-order valence-electron chi connectivity index (χ3n) is 3.46. The van der Waals surface area contributed by atoms with Crippen molar-refractivity contribution in [3.05, 3.63) is 52.9 Å². The summed E-state index contributed by atoms with van der Waals surface area (Å²) in [6.45, 7) is 2.91. The van der Waals surface area contributed by atoms with Crippen molar-refractivity contribution in [2.75, 3.05) is 18.5 Å². The van der Waals surface area contributed by atoms with Crippen molar-refractivity contribution in [1.82, 2.24) is 19.9 Å². The summed E-state index contributed by atoms with van der Waals surface area (Å²) in [5.41, 5.74) is 4.89. The predicted octanol–water partition coefficient (Wildman–Crippen LogP) is 2.98. The quantitative estimate of drug-likeness (QED) is 0.725. The Hall–Kier alpha value is -2.34. The Labute approximate surface area is 133 Å². The second-order valence-electron chi connectivity index (χ2n) is 5.02. The summed E-state index contributed by atoms with van der Waals surface area (Å²) in [6.07, 6.45) is 6.31. The summed E-state index contributed by atoms with van der Waals surface area (Å²) in [7, 11) is 2.01. The number of hydrogen-bond donors (Lipinski definition) is 0. The zero-order valence-corrected chi connectivity index (χ0v) is 13.4. The Morgan fingerprint density at radius 3 is 2.82 bits per heavy atom. The van der Waals surface area contributed by atoms with Crippen molar-refractivity contribution in [2.45, 2.75) is 13.3 Å². The fourth-order valence-electron chi connectivity index (χ4n) is 2.14. The maximum atomic E-state index is 4.63. The first-order chi connectivity index (χ1) is 10.7. The Balaban J connectivity index is 1.73. The van der Waals surface area contributed by atoms with Crippen molar-refractivity contribution in [2.24, 2.45) is 0 Å². The summed E-state index contributed by atoms with van der Waals surface area (Å²) < 4.78 is 0. The van der Waals surface area contributed by atoms with E-state index in [0.717, 1.165) is 35.9 Å². The zero-order valence-electron chi connectivity index (χ0n) is 12.6. The van der Waals surface area contributed by atoms with Crippen LogP contribution in [0.25, 0.3) is 11.3 Å². The minimum atomic E-state index is 0.725. The van der Waals surface area contributed by atoms with Crippen LogP contribution in [0.15, 0.2) is 42.3 Å². The van der Waals surface area contributed by atoms with E-state index in [9.17, 15) is 0 Å². The Bertz CT molecular complexity index is 741. The lowest BCUT2D eigenvalue weighted by molar-refractivity contribution is 0.841. The molecule has 0 bridgehead atoms. The zero-order chi connectivity index (χ0) is 15.4. The van der Waals surface area contributed by atoms with Crippen LogP contribution in [-0.4, -0.2) is 33.5 Å². The van der Waals surface area contributed by atoms with Gasteiger partial charge in [0, 0.05) is 49.0 Å². The van der Waals surface area contributed by atoms with E-state index in [1.165, 1.54) is 4.88 Å². The van der Waals surface area contributed by atoms with Crippen LogP contribution in [0.2, 0.25) is 0 Å². The fourth-order valence-corrected chi connectivity index (χ4v) is 2.91. The maximum absolute atomic E-state index is 4.63. The number of likely N-dealkylation sites (N-methyl/N-ethyl adjacent to an activating group) is 1. The second-order valence-corrected chi connectivity index (χ2v) is 5.96. The number of pyridine rings is 1. The Kier molecular flexibility index (Phi) is 4.39. The molecule has 0 aliphatic heterocycles. The van der Waals surface area contributed by atoms with E-state index in [2.05, 4.69) is 24.8 Å². The lowest BCUT2D eigenvalue weighted by atomic mass is 10.2. The first-order valence-corrected chi connectivity index (χ1v) is 7.95. The molecule has 0 saturated carbocycles. The van der Waals surface area contributed by atoms with Crippen molar-refractivity contribution in [1.29, 1.82) is 0 Å². The minimum Gasteiger partial charge on any atom is -0.344 e. The minimum absolute atomic E-state index is 0.725.